The van der Waals surface area contributed by atoms with E-state index in [0.29, 0.717) is 17.1 Å². The van der Waals surface area contributed by atoms with Crippen molar-refractivity contribution in [2.24, 2.45) is 0 Å². The predicted octanol–water partition coefficient (Wildman–Crippen LogP) is 2.80. The van der Waals surface area contributed by atoms with Crippen molar-refractivity contribution in [1.29, 1.82) is 0 Å². The van der Waals surface area contributed by atoms with E-state index in [1.165, 1.54) is 0 Å². The summed E-state index contributed by atoms with van der Waals surface area (Å²) in [4.78, 5) is 0. The highest BCUT2D eigenvalue weighted by molar-refractivity contribution is 5.59. The van der Waals surface area contributed by atoms with Gasteiger partial charge in [-0.3, -0.25) is 0 Å². The van der Waals surface area contributed by atoms with E-state index in [1.54, 1.807) is 6.07 Å². The summed E-state index contributed by atoms with van der Waals surface area (Å²) in [6.07, 6.45) is 5.50. The zero-order valence-electron chi connectivity index (χ0n) is 10.1. The van der Waals surface area contributed by atoms with Crippen LogP contribution in [0.4, 0.5) is 0 Å². The number of terminal acetylenes is 1. The van der Waals surface area contributed by atoms with Gasteiger partial charge in [-0.1, -0.05) is 36.0 Å². The molecule has 2 aromatic rings. The smallest absolute Gasteiger partial charge is 0.231 e. The van der Waals surface area contributed by atoms with E-state index >= 15 is 0 Å². The molecule has 0 saturated heterocycles. The molecule has 2 heteroatoms. The minimum atomic E-state index is 0.231. The molecule has 0 spiro atoms. The summed E-state index contributed by atoms with van der Waals surface area (Å²) in [5.74, 6) is 10.2. The lowest BCUT2D eigenvalue weighted by atomic mass is 10.1. The number of ether oxygens (including phenoxy) is 2. The monoisotopic (exact) mass is 246 g/mol. The van der Waals surface area contributed by atoms with Crippen molar-refractivity contribution in [2.45, 2.75) is 0 Å². The maximum absolute atomic E-state index is 5.50. The molecule has 0 atom stereocenters. The van der Waals surface area contributed by atoms with Gasteiger partial charge in [0.1, 0.15) is 0 Å². The Balaban J connectivity index is 2.02. The van der Waals surface area contributed by atoms with E-state index in [1.807, 2.05) is 36.4 Å². The van der Waals surface area contributed by atoms with Crippen LogP contribution in [-0.4, -0.2) is 6.79 Å². The third-order valence-electron chi connectivity index (χ3n) is 2.78. The van der Waals surface area contributed by atoms with E-state index in [4.69, 9.17) is 15.9 Å². The number of benzene rings is 2. The molecule has 90 valence electrons. The number of hydrogen-bond donors (Lipinski definition) is 0. The van der Waals surface area contributed by atoms with Crippen molar-refractivity contribution in [3.05, 3.63) is 59.2 Å². The average molecular weight is 246 g/mol. The molecule has 2 aromatic carbocycles. The molecule has 1 heterocycles. The van der Waals surface area contributed by atoms with Gasteiger partial charge >= 0.3 is 0 Å². The summed E-state index contributed by atoms with van der Waals surface area (Å²) in [7, 11) is 0. The lowest BCUT2D eigenvalue weighted by molar-refractivity contribution is 0.174. The van der Waals surface area contributed by atoms with Crippen LogP contribution in [0.1, 0.15) is 16.7 Å². The van der Waals surface area contributed by atoms with Crippen molar-refractivity contribution in [3.8, 4) is 35.7 Å². The van der Waals surface area contributed by atoms with Crippen LogP contribution in [0.25, 0.3) is 0 Å². The average Bonchev–Trinajstić information content (AvgIpc) is 2.92. The fourth-order valence-corrected chi connectivity index (χ4v) is 1.83. The predicted molar refractivity (Wildman–Crippen MR) is 72.9 cm³/mol. The van der Waals surface area contributed by atoms with Gasteiger partial charge < -0.3 is 9.47 Å². The third-order valence-corrected chi connectivity index (χ3v) is 2.78. The van der Waals surface area contributed by atoms with E-state index in [2.05, 4.69) is 17.8 Å². The summed E-state index contributed by atoms with van der Waals surface area (Å²) in [6.45, 7) is 0.231. The lowest BCUT2D eigenvalue weighted by Crippen LogP contribution is -1.92. The second kappa shape index (κ2) is 4.80. The van der Waals surface area contributed by atoms with Crippen LogP contribution in [0, 0.1) is 24.2 Å². The molecule has 3 rings (SSSR count). The summed E-state index contributed by atoms with van der Waals surface area (Å²) in [5.41, 5.74) is 2.44. The van der Waals surface area contributed by atoms with Crippen LogP contribution in [0.2, 0.25) is 0 Å². The van der Waals surface area contributed by atoms with Gasteiger partial charge in [0.2, 0.25) is 6.79 Å². The maximum atomic E-state index is 5.50. The molecule has 0 fully saturated rings. The molecular formula is C17H10O2. The first-order valence-electron chi connectivity index (χ1n) is 5.84. The number of hydrogen-bond acceptors (Lipinski definition) is 2. The van der Waals surface area contributed by atoms with Crippen LogP contribution < -0.4 is 9.47 Å². The standard InChI is InChI=1S/C17H10O2/c1-2-14-10-16-17(19-12-18-16)11-15(14)9-8-13-6-4-3-5-7-13/h1,3-7,10-11H,12H2. The Labute approximate surface area is 112 Å². The molecule has 0 unspecified atom stereocenters. The van der Waals surface area contributed by atoms with Gasteiger partial charge in [-0.2, -0.15) is 0 Å². The van der Waals surface area contributed by atoms with Crippen molar-refractivity contribution in [3.63, 3.8) is 0 Å². The fraction of sp³-hybridized carbons (Fsp3) is 0.0588. The second-order valence-corrected chi connectivity index (χ2v) is 4.01. The van der Waals surface area contributed by atoms with Crippen molar-refractivity contribution < 1.29 is 9.47 Å². The molecule has 0 aromatic heterocycles. The Morgan fingerprint density at radius 3 is 2.26 bits per heavy atom. The summed E-state index contributed by atoms with van der Waals surface area (Å²) < 4.78 is 10.6. The van der Waals surface area contributed by atoms with E-state index in [-0.39, 0.29) is 6.79 Å². The molecule has 0 bridgehead atoms. The van der Waals surface area contributed by atoms with Crippen molar-refractivity contribution >= 4 is 0 Å². The highest BCUT2D eigenvalue weighted by Gasteiger charge is 2.15. The van der Waals surface area contributed by atoms with Crippen LogP contribution in [0.5, 0.6) is 11.5 Å². The molecule has 1 aliphatic heterocycles. The van der Waals surface area contributed by atoms with Gasteiger partial charge in [-0.05, 0) is 12.1 Å². The molecular weight excluding hydrogens is 236 g/mol. The Morgan fingerprint density at radius 2 is 1.58 bits per heavy atom. The Morgan fingerprint density at radius 1 is 0.895 bits per heavy atom. The Hall–Kier alpha value is -2.84. The zero-order valence-corrected chi connectivity index (χ0v) is 10.1. The molecule has 0 aliphatic carbocycles. The summed E-state index contributed by atoms with van der Waals surface area (Å²) in [5, 5.41) is 0. The largest absolute Gasteiger partial charge is 0.454 e. The molecule has 2 nitrogen and oxygen atoms in total. The maximum Gasteiger partial charge on any atom is 0.231 e. The first kappa shape index (κ1) is 11.3. The van der Waals surface area contributed by atoms with Gasteiger partial charge in [0.25, 0.3) is 0 Å². The van der Waals surface area contributed by atoms with Gasteiger partial charge in [-0.15, -0.1) is 6.42 Å². The van der Waals surface area contributed by atoms with Crippen LogP contribution >= 0.6 is 0 Å². The van der Waals surface area contributed by atoms with Gasteiger partial charge in [0, 0.05) is 28.8 Å². The van der Waals surface area contributed by atoms with Crippen molar-refractivity contribution in [1.82, 2.24) is 0 Å². The topological polar surface area (TPSA) is 18.5 Å². The van der Waals surface area contributed by atoms with Crippen LogP contribution in [-0.2, 0) is 0 Å². The van der Waals surface area contributed by atoms with Gasteiger partial charge in [0.05, 0.1) is 0 Å². The SMILES string of the molecule is C#Cc1cc2c(cc1C#Cc1ccccc1)OCO2. The Kier molecular flexibility index (Phi) is 2.85. The lowest BCUT2D eigenvalue weighted by Gasteiger charge is -2.00. The first-order valence-corrected chi connectivity index (χ1v) is 5.84. The molecule has 0 radical (unpaired) electrons. The first-order chi connectivity index (χ1) is 9.36. The van der Waals surface area contributed by atoms with Crippen LogP contribution in [0.15, 0.2) is 42.5 Å². The van der Waals surface area contributed by atoms with Crippen LogP contribution in [0.3, 0.4) is 0 Å². The summed E-state index contributed by atoms with van der Waals surface area (Å²) >= 11 is 0. The molecule has 19 heavy (non-hydrogen) atoms. The molecule has 0 N–H and O–H groups in total. The minimum absolute atomic E-state index is 0.231. The highest BCUT2D eigenvalue weighted by atomic mass is 16.7. The van der Waals surface area contributed by atoms with Crippen molar-refractivity contribution in [2.75, 3.05) is 6.79 Å². The number of rotatable bonds is 0. The molecule has 1 aliphatic rings. The quantitative estimate of drug-likeness (QED) is 0.665. The van der Waals surface area contributed by atoms with Gasteiger partial charge in [0.15, 0.2) is 11.5 Å². The number of fused-ring (bicyclic) bond motifs is 1. The highest BCUT2D eigenvalue weighted by Crippen LogP contribution is 2.34. The Bertz CT molecular complexity index is 713. The second-order valence-electron chi connectivity index (χ2n) is 4.01. The zero-order chi connectivity index (χ0) is 13.1. The minimum Gasteiger partial charge on any atom is -0.454 e. The van der Waals surface area contributed by atoms with E-state index in [9.17, 15) is 0 Å². The van der Waals surface area contributed by atoms with E-state index in [0.717, 1.165) is 11.1 Å². The normalized spacial score (nSPS) is 11.3. The van der Waals surface area contributed by atoms with E-state index < -0.39 is 0 Å². The molecule has 0 saturated carbocycles. The van der Waals surface area contributed by atoms with Gasteiger partial charge in [-0.25, -0.2) is 0 Å². The third kappa shape index (κ3) is 2.25. The fourth-order valence-electron chi connectivity index (χ4n) is 1.83. The summed E-state index contributed by atoms with van der Waals surface area (Å²) in [6, 6.07) is 13.4. The molecule has 0 amide bonds.